The number of benzene rings is 2. The average Bonchev–Trinajstić information content (AvgIpc) is 3.21. The number of amides is 3. The van der Waals surface area contributed by atoms with Crippen LogP contribution in [-0.4, -0.2) is 85.5 Å². The van der Waals surface area contributed by atoms with Crippen LogP contribution in [0.25, 0.3) is 0 Å². The van der Waals surface area contributed by atoms with Gasteiger partial charge in [-0.1, -0.05) is 42.8 Å². The van der Waals surface area contributed by atoms with Crippen molar-refractivity contribution in [2.75, 3.05) is 57.7 Å². The van der Waals surface area contributed by atoms with Crippen molar-refractivity contribution in [2.45, 2.75) is 83.3 Å². The van der Waals surface area contributed by atoms with Crippen LogP contribution in [0.5, 0.6) is 5.75 Å². The maximum Gasteiger partial charge on any atom is 0.329 e. The van der Waals surface area contributed by atoms with Crippen molar-refractivity contribution in [1.82, 2.24) is 9.62 Å². The molecule has 2 aromatic rings. The molecule has 2 aromatic carbocycles. The Kier molecular flexibility index (Phi) is 10.3. The van der Waals surface area contributed by atoms with Gasteiger partial charge in [0.05, 0.1) is 29.8 Å². The lowest BCUT2D eigenvalue weighted by molar-refractivity contribution is -0.0745. The summed E-state index contributed by atoms with van der Waals surface area (Å²) in [5.41, 5.74) is 4.64. The summed E-state index contributed by atoms with van der Waals surface area (Å²) in [6, 6.07) is 11.8. The Labute approximate surface area is 310 Å². The highest BCUT2D eigenvalue weighted by Crippen LogP contribution is 2.47. The first-order chi connectivity index (χ1) is 24.8. The molecule has 1 unspecified atom stereocenters. The van der Waals surface area contributed by atoms with E-state index in [2.05, 4.69) is 51.3 Å². The van der Waals surface area contributed by atoms with E-state index in [0.717, 1.165) is 56.6 Å². The van der Waals surface area contributed by atoms with E-state index in [-0.39, 0.29) is 34.7 Å². The molecule has 1 saturated heterocycles. The summed E-state index contributed by atoms with van der Waals surface area (Å²) in [6.07, 6.45) is 10.2. The fraction of sp³-hybridized carbons (Fsp3) is 0.610. The largest absolute Gasteiger partial charge is 0.490 e. The van der Waals surface area contributed by atoms with Gasteiger partial charge in [0, 0.05) is 57.3 Å². The zero-order valence-electron chi connectivity index (χ0n) is 31.7. The molecular formula is C41H56N4O6S. The van der Waals surface area contributed by atoms with Crippen molar-refractivity contribution in [3.05, 3.63) is 70.8 Å². The molecule has 0 aromatic heterocycles. The van der Waals surface area contributed by atoms with E-state index in [9.17, 15) is 13.8 Å². The number of nitrogens with one attached hydrogen (secondary N) is 1. The third-order valence-corrected chi connectivity index (χ3v) is 14.6. The first kappa shape index (κ1) is 36.9. The highest BCUT2D eigenvalue weighted by atomic mass is 32.2. The standard InChI is InChI=1S/C41H56N4O6S/c1-27-12-16-34-29(19-27)10-8-18-41(34)25-45-21-31-13-15-33(31)36(49-5)11-7-9-28(2)24-52(48,43-39(47)44-22-32(23-44)40(3,4)50-6)42-38(46)30-14-17-37(51-26-41)35(45)20-30/h7,11-12,14,16-17,19-20,28,31-33,36H,8-10,13,15,18,21-26H2,1-6H3,(H,42,43,46,47,48)/b11-7+/t28-,31-,33+,36-,41-,52?/m0/s1. The maximum absolute atomic E-state index is 14.6. The first-order valence-corrected chi connectivity index (χ1v) is 20.7. The van der Waals surface area contributed by atoms with Gasteiger partial charge in [-0.3, -0.25) is 9.52 Å². The van der Waals surface area contributed by atoms with Crippen molar-refractivity contribution < 1.29 is 28.0 Å². The summed E-state index contributed by atoms with van der Waals surface area (Å²) in [6.45, 7) is 11.2. The Bertz CT molecular complexity index is 1850. The molecule has 3 amide bonds. The fourth-order valence-corrected chi connectivity index (χ4v) is 10.9. The molecule has 2 fully saturated rings. The molecule has 2 aliphatic carbocycles. The van der Waals surface area contributed by atoms with Crippen LogP contribution in [0.2, 0.25) is 0 Å². The van der Waals surface area contributed by atoms with Gasteiger partial charge in [0.2, 0.25) is 0 Å². The molecule has 282 valence electrons. The summed E-state index contributed by atoms with van der Waals surface area (Å²) in [5.74, 6) is 0.985. The van der Waals surface area contributed by atoms with Crippen molar-refractivity contribution in [1.29, 1.82) is 0 Å². The lowest BCUT2D eigenvalue weighted by Gasteiger charge is -2.46. The van der Waals surface area contributed by atoms with Gasteiger partial charge in [0.1, 0.15) is 15.7 Å². The van der Waals surface area contributed by atoms with E-state index in [1.807, 2.05) is 32.9 Å². The molecule has 1 saturated carbocycles. The number of ether oxygens (including phenoxy) is 3. The topological polar surface area (TPSA) is 110 Å². The molecule has 0 radical (unpaired) electrons. The Morgan fingerprint density at radius 3 is 2.65 bits per heavy atom. The molecule has 3 heterocycles. The number of rotatable bonds is 4. The predicted octanol–water partition coefficient (Wildman–Crippen LogP) is 6.69. The van der Waals surface area contributed by atoms with Gasteiger partial charge in [-0.05, 0) is 106 Å². The number of carbonyl (C=O) groups is 2. The van der Waals surface area contributed by atoms with E-state index in [4.69, 9.17) is 14.2 Å². The highest BCUT2D eigenvalue weighted by Gasteiger charge is 2.45. The molecule has 1 N–H and O–H groups in total. The van der Waals surface area contributed by atoms with Gasteiger partial charge >= 0.3 is 6.03 Å². The van der Waals surface area contributed by atoms with Gasteiger partial charge in [-0.25, -0.2) is 9.00 Å². The van der Waals surface area contributed by atoms with Crippen LogP contribution in [0.4, 0.5) is 10.5 Å². The molecular weight excluding hydrogens is 677 g/mol. The lowest BCUT2D eigenvalue weighted by atomic mass is 9.68. The third kappa shape index (κ3) is 7.25. The van der Waals surface area contributed by atoms with Crippen molar-refractivity contribution in [3.63, 3.8) is 0 Å². The zero-order chi connectivity index (χ0) is 36.8. The summed E-state index contributed by atoms with van der Waals surface area (Å²) >= 11 is 0. The number of fused-ring (bicyclic) bond motifs is 4. The third-order valence-electron chi connectivity index (χ3n) is 12.6. The van der Waals surface area contributed by atoms with E-state index in [1.54, 1.807) is 25.2 Å². The second kappa shape index (κ2) is 14.4. The number of nitrogens with zero attached hydrogens (tertiary/aromatic N) is 3. The second-order valence-corrected chi connectivity index (χ2v) is 18.6. The number of hydrogen-bond acceptors (Lipinski definition) is 7. The van der Waals surface area contributed by atoms with Gasteiger partial charge in [-0.2, -0.15) is 0 Å². The smallest absolute Gasteiger partial charge is 0.329 e. The van der Waals surface area contributed by atoms with Crippen LogP contribution < -0.4 is 14.4 Å². The van der Waals surface area contributed by atoms with Crippen LogP contribution in [0.1, 0.15) is 79.9 Å². The van der Waals surface area contributed by atoms with E-state index in [1.165, 1.54) is 16.7 Å². The van der Waals surface area contributed by atoms with Crippen LogP contribution in [-0.2, 0) is 31.2 Å². The maximum atomic E-state index is 14.6. The number of likely N-dealkylation sites (tertiary alicyclic amines) is 1. The molecule has 7 rings (SSSR count). The molecule has 10 nitrogen and oxygen atoms in total. The fourth-order valence-electron chi connectivity index (χ4n) is 8.98. The van der Waals surface area contributed by atoms with Crippen LogP contribution in [0, 0.1) is 30.6 Å². The van der Waals surface area contributed by atoms with Crippen LogP contribution in [0.15, 0.2) is 52.9 Å². The number of allylic oxidation sites excluding steroid dienone is 1. The number of anilines is 1. The molecule has 5 aliphatic rings. The number of urea groups is 1. The normalized spacial score (nSPS) is 31.5. The molecule has 1 spiro atoms. The molecule has 3 aliphatic heterocycles. The predicted molar refractivity (Wildman–Crippen MR) is 204 cm³/mol. The monoisotopic (exact) mass is 732 g/mol. The number of methoxy groups -OCH3 is 2. The minimum atomic E-state index is -3.48. The average molecular weight is 733 g/mol. The van der Waals surface area contributed by atoms with Gasteiger partial charge < -0.3 is 24.0 Å². The zero-order valence-corrected chi connectivity index (χ0v) is 32.5. The summed E-state index contributed by atoms with van der Waals surface area (Å²) < 4.78 is 40.0. The van der Waals surface area contributed by atoms with Gasteiger partial charge in [0.25, 0.3) is 5.91 Å². The van der Waals surface area contributed by atoms with Crippen LogP contribution >= 0.6 is 0 Å². The number of hydrogen-bond donors (Lipinski definition) is 1. The van der Waals surface area contributed by atoms with Gasteiger partial charge in [0.15, 0.2) is 0 Å². The van der Waals surface area contributed by atoms with Crippen molar-refractivity contribution >= 4 is 27.5 Å². The summed E-state index contributed by atoms with van der Waals surface area (Å²) in [7, 11) is -0.0307. The minimum absolute atomic E-state index is 0.0359. The Hall–Kier alpha value is -3.41. The molecule has 11 heteroatoms. The number of carbonyl (C=O) groups excluding carboxylic acids is 2. The van der Waals surface area contributed by atoms with Crippen molar-refractivity contribution in [3.8, 4) is 5.75 Å². The first-order valence-electron chi connectivity index (χ1n) is 19.0. The number of aryl methyl sites for hydroxylation is 2. The molecule has 52 heavy (non-hydrogen) atoms. The Morgan fingerprint density at radius 2 is 1.92 bits per heavy atom. The van der Waals surface area contributed by atoms with Crippen molar-refractivity contribution in [2.24, 2.45) is 28.0 Å². The second-order valence-electron chi connectivity index (χ2n) is 16.6. The van der Waals surface area contributed by atoms with E-state index < -0.39 is 21.9 Å². The Morgan fingerprint density at radius 1 is 1.12 bits per heavy atom. The quantitative estimate of drug-likeness (QED) is 0.349. The van der Waals surface area contributed by atoms with Gasteiger partial charge in [-0.15, -0.1) is 4.36 Å². The Balaban J connectivity index is 1.25. The summed E-state index contributed by atoms with van der Waals surface area (Å²) in [4.78, 5) is 31.6. The molecule has 6 atom stereocenters. The molecule has 2 bridgehead atoms. The lowest BCUT2D eigenvalue weighted by Crippen LogP contribution is -2.61. The SMILES string of the molecule is CO[C@H]1/C=C/C[C@H](C)CS(=O)(NC(=O)N2CC(C(C)(C)OC)C2)=NC(=O)c2ccc3c(c2)N(C[C@@H]2CC[C@H]21)C[C@@]1(CCCc2cc(C)ccc21)CO3. The highest BCUT2D eigenvalue weighted by molar-refractivity contribution is 7.92. The summed E-state index contributed by atoms with van der Waals surface area (Å²) in [5, 5.41) is 0. The van der Waals surface area contributed by atoms with E-state index in [0.29, 0.717) is 43.5 Å². The van der Waals surface area contributed by atoms with Crippen LogP contribution in [0.3, 0.4) is 0 Å². The van der Waals surface area contributed by atoms with E-state index >= 15 is 0 Å². The minimum Gasteiger partial charge on any atom is -0.490 e.